The fourth-order valence-corrected chi connectivity index (χ4v) is 2.57. The van der Waals surface area contributed by atoms with Crippen LogP contribution in [-0.2, 0) is 0 Å². The van der Waals surface area contributed by atoms with Gasteiger partial charge >= 0.3 is 0 Å². The molecule has 2 aromatic carbocycles. The van der Waals surface area contributed by atoms with E-state index in [0.717, 1.165) is 20.1 Å². The predicted octanol–water partition coefficient (Wildman–Crippen LogP) is 6.78. The van der Waals surface area contributed by atoms with Crippen LogP contribution in [0.1, 0.15) is 18.1 Å². The molecule has 0 atom stereocenters. The number of halogens is 2. The van der Waals surface area contributed by atoms with Crippen molar-refractivity contribution in [1.82, 2.24) is 0 Å². The number of allylic oxidation sites excluding steroid dienone is 4. The lowest BCUT2D eigenvalue weighted by atomic mass is 9.96. The topological polar surface area (TPSA) is 0 Å². The van der Waals surface area contributed by atoms with Crippen LogP contribution in [0.4, 0.5) is 0 Å². The van der Waals surface area contributed by atoms with Crippen molar-refractivity contribution in [3.8, 4) is 0 Å². The zero-order valence-electron chi connectivity index (χ0n) is 11.8. The maximum Gasteiger partial charge on any atom is 0.0175 e. The predicted molar refractivity (Wildman–Crippen MR) is 99.3 cm³/mol. The highest BCUT2D eigenvalue weighted by Crippen LogP contribution is 2.27. The Labute approximate surface area is 143 Å². The van der Waals surface area contributed by atoms with Crippen molar-refractivity contribution in [2.45, 2.75) is 6.92 Å². The number of rotatable bonds is 4. The van der Waals surface area contributed by atoms with Gasteiger partial charge in [0.05, 0.1) is 0 Å². The van der Waals surface area contributed by atoms with Gasteiger partial charge in [0.15, 0.2) is 0 Å². The average Bonchev–Trinajstić information content (AvgIpc) is 2.47. The van der Waals surface area contributed by atoms with E-state index >= 15 is 0 Å². The molecule has 2 rings (SSSR count). The van der Waals surface area contributed by atoms with Crippen LogP contribution < -0.4 is 0 Å². The molecule has 0 saturated heterocycles. The molecule has 106 valence electrons. The molecule has 0 radical (unpaired) electrons. The molecule has 0 fully saturated rings. The van der Waals surface area contributed by atoms with Gasteiger partial charge in [-0.3, -0.25) is 0 Å². The van der Waals surface area contributed by atoms with Crippen LogP contribution in [0.2, 0.25) is 0 Å². The number of hydrogen-bond donors (Lipinski definition) is 0. The van der Waals surface area contributed by atoms with Gasteiger partial charge in [-0.05, 0) is 59.5 Å². The Bertz CT molecular complexity index is 627. The van der Waals surface area contributed by atoms with Gasteiger partial charge in [0.25, 0.3) is 0 Å². The van der Waals surface area contributed by atoms with E-state index in [1.54, 1.807) is 0 Å². The van der Waals surface area contributed by atoms with Gasteiger partial charge in [-0.1, -0.05) is 74.9 Å². The van der Waals surface area contributed by atoms with Gasteiger partial charge in [0.2, 0.25) is 0 Å². The lowest BCUT2D eigenvalue weighted by Gasteiger charge is -2.09. The molecule has 0 nitrogen and oxygen atoms in total. The van der Waals surface area contributed by atoms with Crippen molar-refractivity contribution in [2.24, 2.45) is 0 Å². The Morgan fingerprint density at radius 3 is 1.67 bits per heavy atom. The third kappa shape index (κ3) is 4.55. The van der Waals surface area contributed by atoms with E-state index < -0.39 is 0 Å². The van der Waals surface area contributed by atoms with E-state index in [2.05, 4.69) is 93.0 Å². The van der Waals surface area contributed by atoms with Crippen molar-refractivity contribution in [3.05, 3.63) is 99.0 Å². The van der Waals surface area contributed by atoms with Crippen LogP contribution in [0.5, 0.6) is 0 Å². The largest absolute Gasteiger partial charge is 0.0918 e. The summed E-state index contributed by atoms with van der Waals surface area (Å²) in [4.78, 5) is 0. The monoisotopic (exact) mass is 402 g/mol. The van der Waals surface area contributed by atoms with Gasteiger partial charge in [0, 0.05) is 8.95 Å². The molecule has 0 amide bonds. The highest BCUT2D eigenvalue weighted by atomic mass is 79.9. The van der Waals surface area contributed by atoms with E-state index in [9.17, 15) is 0 Å². The minimum Gasteiger partial charge on any atom is -0.0918 e. The second-order valence-electron chi connectivity index (χ2n) is 4.65. The summed E-state index contributed by atoms with van der Waals surface area (Å²) in [6, 6.07) is 16.7. The molecule has 21 heavy (non-hydrogen) atoms. The molecule has 0 aliphatic heterocycles. The summed E-state index contributed by atoms with van der Waals surface area (Å²) in [6.45, 7) is 6.09. The maximum atomic E-state index is 4.09. The quantitative estimate of drug-likeness (QED) is 0.493. The zero-order chi connectivity index (χ0) is 15.2. The zero-order valence-corrected chi connectivity index (χ0v) is 15.0. The standard InChI is InChI=1S/C19H16Br2/c1-3-4-14(2)13-19(15-5-9-17(20)10-6-15)16-7-11-18(21)12-8-16/h3-13H,2H2,1H3/b4-3-. The normalized spacial score (nSPS) is 10.6. The van der Waals surface area contributed by atoms with E-state index in [1.807, 2.05) is 19.1 Å². The van der Waals surface area contributed by atoms with Crippen LogP contribution >= 0.6 is 31.9 Å². The Morgan fingerprint density at radius 1 is 0.857 bits per heavy atom. The summed E-state index contributed by atoms with van der Waals surface area (Å²) in [5.74, 6) is 0. The van der Waals surface area contributed by atoms with Crippen LogP contribution in [0, 0.1) is 0 Å². The van der Waals surface area contributed by atoms with Crippen LogP contribution in [0.15, 0.2) is 87.9 Å². The SMILES string of the molecule is C=C(C=C(c1ccc(Br)cc1)c1ccc(Br)cc1)/C=C\C. The molecule has 0 aliphatic carbocycles. The van der Waals surface area contributed by atoms with Crippen molar-refractivity contribution in [2.75, 3.05) is 0 Å². The average molecular weight is 404 g/mol. The van der Waals surface area contributed by atoms with Gasteiger partial charge in [-0.25, -0.2) is 0 Å². The molecule has 0 spiro atoms. The first kappa shape index (κ1) is 16.0. The van der Waals surface area contributed by atoms with E-state index in [4.69, 9.17) is 0 Å². The van der Waals surface area contributed by atoms with Gasteiger partial charge in [0.1, 0.15) is 0 Å². The summed E-state index contributed by atoms with van der Waals surface area (Å²) in [7, 11) is 0. The fourth-order valence-electron chi connectivity index (χ4n) is 2.04. The van der Waals surface area contributed by atoms with Gasteiger partial charge in [-0.15, -0.1) is 0 Å². The molecule has 0 bridgehead atoms. The Morgan fingerprint density at radius 2 is 1.29 bits per heavy atom. The minimum absolute atomic E-state index is 0.985. The molecular formula is C19H16Br2. The Balaban J connectivity index is 2.51. The van der Waals surface area contributed by atoms with Crippen molar-refractivity contribution in [3.63, 3.8) is 0 Å². The Hall–Kier alpha value is -1.38. The summed E-state index contributed by atoms with van der Waals surface area (Å²) in [5.41, 5.74) is 4.49. The molecule has 2 heteroatoms. The second kappa shape index (κ2) is 7.58. The van der Waals surface area contributed by atoms with Crippen molar-refractivity contribution in [1.29, 1.82) is 0 Å². The molecule has 0 saturated carbocycles. The lowest BCUT2D eigenvalue weighted by molar-refractivity contribution is 1.51. The summed E-state index contributed by atoms with van der Waals surface area (Å²) < 4.78 is 2.15. The third-order valence-corrected chi connectivity index (χ3v) is 4.08. The minimum atomic E-state index is 0.985. The first-order chi connectivity index (χ1) is 10.1. The number of benzene rings is 2. The van der Waals surface area contributed by atoms with Crippen molar-refractivity contribution < 1.29 is 0 Å². The highest BCUT2D eigenvalue weighted by Gasteiger charge is 2.05. The highest BCUT2D eigenvalue weighted by molar-refractivity contribution is 9.10. The molecular weight excluding hydrogens is 388 g/mol. The third-order valence-electron chi connectivity index (χ3n) is 3.02. The molecule has 0 aliphatic rings. The van der Waals surface area contributed by atoms with Crippen LogP contribution in [0.25, 0.3) is 5.57 Å². The van der Waals surface area contributed by atoms with Gasteiger partial charge < -0.3 is 0 Å². The fraction of sp³-hybridized carbons (Fsp3) is 0.0526. The summed E-state index contributed by atoms with van der Waals surface area (Å²) >= 11 is 6.96. The smallest absolute Gasteiger partial charge is 0.0175 e. The first-order valence-corrected chi connectivity index (χ1v) is 8.24. The Kier molecular flexibility index (Phi) is 5.77. The first-order valence-electron chi connectivity index (χ1n) is 6.65. The number of hydrogen-bond acceptors (Lipinski definition) is 0. The second-order valence-corrected chi connectivity index (χ2v) is 6.48. The van der Waals surface area contributed by atoms with E-state index in [-0.39, 0.29) is 0 Å². The molecule has 0 heterocycles. The maximum absolute atomic E-state index is 4.09. The van der Waals surface area contributed by atoms with Crippen LogP contribution in [0.3, 0.4) is 0 Å². The van der Waals surface area contributed by atoms with Crippen molar-refractivity contribution >= 4 is 37.4 Å². The summed E-state index contributed by atoms with van der Waals surface area (Å²) in [6.07, 6.45) is 6.13. The van der Waals surface area contributed by atoms with E-state index in [0.29, 0.717) is 0 Å². The summed E-state index contributed by atoms with van der Waals surface area (Å²) in [5, 5.41) is 0. The molecule has 0 aromatic heterocycles. The van der Waals surface area contributed by atoms with Gasteiger partial charge in [-0.2, -0.15) is 0 Å². The lowest BCUT2D eigenvalue weighted by Crippen LogP contribution is -1.89. The molecule has 0 N–H and O–H groups in total. The van der Waals surface area contributed by atoms with Crippen LogP contribution in [-0.4, -0.2) is 0 Å². The molecule has 2 aromatic rings. The molecule has 0 unspecified atom stereocenters. The van der Waals surface area contributed by atoms with E-state index in [1.165, 1.54) is 11.1 Å².